The van der Waals surface area contributed by atoms with Gasteiger partial charge in [0.05, 0.1) is 22.8 Å². The van der Waals surface area contributed by atoms with Gasteiger partial charge in [0, 0.05) is 18.5 Å². The molecule has 2 aromatic carbocycles. The summed E-state index contributed by atoms with van der Waals surface area (Å²) in [5.74, 6) is 0.763. The molecule has 0 aliphatic heterocycles. The van der Waals surface area contributed by atoms with Crippen molar-refractivity contribution in [3.8, 4) is 11.4 Å². The van der Waals surface area contributed by atoms with E-state index >= 15 is 0 Å². The molecule has 8 heteroatoms. The maximum atomic E-state index is 12.9. The van der Waals surface area contributed by atoms with Gasteiger partial charge in [-0.1, -0.05) is 41.1 Å². The molecular formula is C25H27N7O. The van der Waals surface area contributed by atoms with Gasteiger partial charge in [-0.15, -0.1) is 5.10 Å². The van der Waals surface area contributed by atoms with Crippen molar-refractivity contribution in [3.05, 3.63) is 83.3 Å². The molecule has 168 valence electrons. The van der Waals surface area contributed by atoms with Gasteiger partial charge >= 0.3 is 0 Å². The number of rotatable bonds is 8. The molecule has 0 spiro atoms. The fraction of sp³-hybridized carbons (Fsp3) is 0.280. The number of anilines is 1. The van der Waals surface area contributed by atoms with Crippen molar-refractivity contribution in [3.63, 3.8) is 0 Å². The van der Waals surface area contributed by atoms with E-state index in [0.29, 0.717) is 24.0 Å². The summed E-state index contributed by atoms with van der Waals surface area (Å²) in [6.45, 7) is 2.57. The molecule has 0 atom stereocenters. The van der Waals surface area contributed by atoms with Gasteiger partial charge in [-0.25, -0.2) is 9.36 Å². The van der Waals surface area contributed by atoms with Gasteiger partial charge in [-0.3, -0.25) is 4.79 Å². The number of hydrogen-bond acceptors (Lipinski definition) is 5. The maximum absolute atomic E-state index is 12.9. The SMILES string of the molecule is Cc1ccc(-n2nnc(C(=O)NCCCc3cc(N)n(-c4ccccc4)n3)c2C2CC2)cc1. The molecule has 2 aromatic heterocycles. The zero-order chi connectivity index (χ0) is 22.8. The summed E-state index contributed by atoms with van der Waals surface area (Å²) in [5.41, 5.74) is 11.4. The van der Waals surface area contributed by atoms with Crippen molar-refractivity contribution in [2.75, 3.05) is 12.3 Å². The smallest absolute Gasteiger partial charge is 0.273 e. The highest BCUT2D eigenvalue weighted by molar-refractivity contribution is 5.93. The Labute approximate surface area is 192 Å². The molecule has 1 amide bonds. The number of aromatic nitrogens is 5. The first-order valence-electron chi connectivity index (χ1n) is 11.3. The molecule has 0 bridgehead atoms. The highest BCUT2D eigenvalue weighted by atomic mass is 16.2. The molecule has 3 N–H and O–H groups in total. The number of carbonyl (C=O) groups excluding carboxylic acids is 1. The van der Waals surface area contributed by atoms with Crippen molar-refractivity contribution >= 4 is 11.7 Å². The molecule has 1 saturated carbocycles. The molecule has 0 unspecified atom stereocenters. The first-order valence-corrected chi connectivity index (χ1v) is 11.3. The number of aryl methyl sites for hydroxylation is 2. The minimum Gasteiger partial charge on any atom is -0.384 e. The minimum atomic E-state index is -0.176. The molecule has 0 radical (unpaired) electrons. The van der Waals surface area contributed by atoms with Crippen LogP contribution in [0.15, 0.2) is 60.7 Å². The number of carbonyl (C=O) groups is 1. The Kier molecular flexibility index (Phi) is 5.64. The Morgan fingerprint density at radius 3 is 2.52 bits per heavy atom. The van der Waals surface area contributed by atoms with Crippen LogP contribution in [0, 0.1) is 6.92 Å². The van der Waals surface area contributed by atoms with Gasteiger partial charge in [-0.05, 0) is 56.9 Å². The number of nitrogens with one attached hydrogen (secondary N) is 1. The topological polar surface area (TPSA) is 104 Å². The Balaban J connectivity index is 1.21. The van der Waals surface area contributed by atoms with Crippen LogP contribution in [0.3, 0.4) is 0 Å². The van der Waals surface area contributed by atoms with E-state index in [1.54, 1.807) is 4.68 Å². The van der Waals surface area contributed by atoms with E-state index in [4.69, 9.17) is 5.73 Å². The third kappa shape index (κ3) is 4.50. The zero-order valence-electron chi connectivity index (χ0n) is 18.6. The standard InChI is InChI=1S/C25H27N7O/c1-17-9-13-21(14-10-17)32-24(18-11-12-18)23(28-30-32)25(33)27-15-5-6-19-16-22(26)31(29-19)20-7-3-2-4-8-20/h2-4,7-10,13-14,16,18H,5-6,11-12,15,26H2,1H3,(H,27,33). The van der Waals surface area contributed by atoms with Gasteiger partial charge in [-0.2, -0.15) is 5.10 Å². The van der Waals surface area contributed by atoms with E-state index in [1.165, 1.54) is 5.56 Å². The molecule has 4 aromatic rings. The summed E-state index contributed by atoms with van der Waals surface area (Å²) in [4.78, 5) is 12.9. The molecule has 33 heavy (non-hydrogen) atoms. The summed E-state index contributed by atoms with van der Waals surface area (Å²) in [5, 5.41) is 16.1. The quantitative estimate of drug-likeness (QED) is 0.407. The lowest BCUT2D eigenvalue weighted by Crippen LogP contribution is -2.26. The van der Waals surface area contributed by atoms with E-state index in [2.05, 4.69) is 20.7 Å². The Bertz CT molecular complexity index is 1250. The first-order chi connectivity index (χ1) is 16.1. The van der Waals surface area contributed by atoms with Crippen molar-refractivity contribution in [1.82, 2.24) is 30.1 Å². The molecule has 1 aliphatic rings. The fourth-order valence-corrected chi connectivity index (χ4v) is 3.95. The first kappa shape index (κ1) is 20.9. The van der Waals surface area contributed by atoms with E-state index in [9.17, 15) is 4.79 Å². The Hall–Kier alpha value is -3.94. The minimum absolute atomic E-state index is 0.176. The highest BCUT2D eigenvalue weighted by Crippen LogP contribution is 2.42. The average Bonchev–Trinajstić information content (AvgIpc) is 3.46. The average molecular weight is 442 g/mol. The number of nitrogen functional groups attached to an aromatic ring is 1. The summed E-state index contributed by atoms with van der Waals surface area (Å²) < 4.78 is 3.55. The van der Waals surface area contributed by atoms with Crippen LogP contribution in [-0.4, -0.2) is 37.2 Å². The monoisotopic (exact) mass is 441 g/mol. The number of para-hydroxylation sites is 1. The van der Waals surface area contributed by atoms with Crippen LogP contribution in [0.1, 0.15) is 52.6 Å². The van der Waals surface area contributed by atoms with Gasteiger partial charge < -0.3 is 11.1 Å². The number of amides is 1. The van der Waals surface area contributed by atoms with E-state index in [-0.39, 0.29) is 5.91 Å². The second-order valence-corrected chi connectivity index (χ2v) is 8.51. The molecule has 2 heterocycles. The molecule has 1 fully saturated rings. The van der Waals surface area contributed by atoms with Crippen LogP contribution in [0.5, 0.6) is 0 Å². The number of nitrogens with two attached hydrogens (primary N) is 1. The van der Waals surface area contributed by atoms with Gasteiger partial charge in [0.1, 0.15) is 5.82 Å². The molecule has 0 saturated heterocycles. The second kappa shape index (κ2) is 8.90. The molecule has 5 rings (SSSR count). The van der Waals surface area contributed by atoms with Crippen molar-refractivity contribution in [2.24, 2.45) is 0 Å². The van der Waals surface area contributed by atoms with E-state index < -0.39 is 0 Å². The lowest BCUT2D eigenvalue weighted by atomic mass is 10.2. The number of benzene rings is 2. The maximum Gasteiger partial charge on any atom is 0.273 e. The van der Waals surface area contributed by atoms with Crippen LogP contribution in [0.2, 0.25) is 0 Å². The third-order valence-electron chi connectivity index (χ3n) is 5.85. The van der Waals surface area contributed by atoms with Crippen LogP contribution < -0.4 is 11.1 Å². The highest BCUT2D eigenvalue weighted by Gasteiger charge is 2.34. The van der Waals surface area contributed by atoms with Crippen molar-refractivity contribution in [2.45, 2.75) is 38.5 Å². The lowest BCUT2D eigenvalue weighted by molar-refractivity contribution is 0.0947. The lowest BCUT2D eigenvalue weighted by Gasteiger charge is -2.08. The number of nitrogens with zero attached hydrogens (tertiary/aromatic N) is 5. The van der Waals surface area contributed by atoms with Crippen LogP contribution in [-0.2, 0) is 6.42 Å². The fourth-order valence-electron chi connectivity index (χ4n) is 3.95. The predicted molar refractivity (Wildman–Crippen MR) is 127 cm³/mol. The Morgan fingerprint density at radius 1 is 1.06 bits per heavy atom. The predicted octanol–water partition coefficient (Wildman–Crippen LogP) is 3.58. The van der Waals surface area contributed by atoms with Gasteiger partial charge in [0.15, 0.2) is 5.69 Å². The van der Waals surface area contributed by atoms with Crippen molar-refractivity contribution in [1.29, 1.82) is 0 Å². The van der Waals surface area contributed by atoms with Crippen LogP contribution in [0.25, 0.3) is 11.4 Å². The molecular weight excluding hydrogens is 414 g/mol. The summed E-state index contributed by atoms with van der Waals surface area (Å²) >= 11 is 0. The van der Waals surface area contributed by atoms with E-state index in [0.717, 1.165) is 48.4 Å². The second-order valence-electron chi connectivity index (χ2n) is 8.51. The summed E-state index contributed by atoms with van der Waals surface area (Å²) in [7, 11) is 0. The largest absolute Gasteiger partial charge is 0.384 e. The molecule has 1 aliphatic carbocycles. The van der Waals surface area contributed by atoms with Crippen LogP contribution >= 0.6 is 0 Å². The van der Waals surface area contributed by atoms with Gasteiger partial charge in [0.2, 0.25) is 0 Å². The normalized spacial score (nSPS) is 13.2. The van der Waals surface area contributed by atoms with E-state index in [1.807, 2.05) is 72.3 Å². The number of hydrogen-bond donors (Lipinski definition) is 2. The summed E-state index contributed by atoms with van der Waals surface area (Å²) in [6.07, 6.45) is 3.59. The van der Waals surface area contributed by atoms with Crippen LogP contribution in [0.4, 0.5) is 5.82 Å². The molecule has 8 nitrogen and oxygen atoms in total. The van der Waals surface area contributed by atoms with Gasteiger partial charge in [0.25, 0.3) is 5.91 Å². The zero-order valence-corrected chi connectivity index (χ0v) is 18.6. The summed E-state index contributed by atoms with van der Waals surface area (Å²) in [6, 6.07) is 19.8. The Morgan fingerprint density at radius 2 is 1.79 bits per heavy atom. The third-order valence-corrected chi connectivity index (χ3v) is 5.85. The van der Waals surface area contributed by atoms with Crippen molar-refractivity contribution < 1.29 is 4.79 Å².